The molecule has 4 N–H and O–H groups in total. The van der Waals surface area contributed by atoms with E-state index in [0.717, 1.165) is 0 Å². The van der Waals surface area contributed by atoms with Crippen LogP contribution in [0.5, 0.6) is 11.5 Å². The minimum absolute atomic E-state index is 0.00541. The molecule has 0 saturated carbocycles. The lowest BCUT2D eigenvalue weighted by Crippen LogP contribution is -2.13. The lowest BCUT2D eigenvalue weighted by atomic mass is 10.0. The highest BCUT2D eigenvalue weighted by atomic mass is 16.5. The number of carboxylic acid groups (broad SMARTS) is 1. The van der Waals surface area contributed by atoms with Gasteiger partial charge in [0.1, 0.15) is 5.56 Å². The van der Waals surface area contributed by atoms with Crippen molar-refractivity contribution < 1.29 is 24.5 Å². The topological polar surface area (TPSA) is 102 Å². The Hall–Kier alpha value is -1.79. The molecule has 0 aliphatic rings. The number of aliphatic hydroxyl groups excluding tert-OH is 1. The predicted molar refractivity (Wildman–Crippen MR) is 60.5 cm³/mol. The molecule has 1 aromatic rings. The molecule has 0 spiro atoms. The number of ether oxygens (including phenoxy) is 2. The minimum Gasteiger partial charge on any atom is -0.493 e. The number of rotatable bonds is 5. The van der Waals surface area contributed by atoms with Gasteiger partial charge in [0.05, 0.1) is 20.3 Å². The number of carbonyl (C=O) groups is 1. The molecule has 1 aromatic carbocycles. The van der Waals surface area contributed by atoms with Crippen LogP contribution in [0, 0.1) is 0 Å². The van der Waals surface area contributed by atoms with Crippen LogP contribution in [0.15, 0.2) is 12.1 Å². The van der Waals surface area contributed by atoms with Crippen molar-refractivity contribution in [2.75, 3.05) is 20.8 Å². The Kier molecular flexibility index (Phi) is 4.30. The smallest absolute Gasteiger partial charge is 0.339 e. The maximum atomic E-state index is 11.1. The van der Waals surface area contributed by atoms with Crippen LogP contribution in [0.25, 0.3) is 0 Å². The molecule has 0 radical (unpaired) electrons. The fraction of sp³-hybridized carbons (Fsp3) is 0.364. The molecule has 94 valence electrons. The average molecular weight is 241 g/mol. The zero-order valence-corrected chi connectivity index (χ0v) is 9.64. The van der Waals surface area contributed by atoms with Crippen molar-refractivity contribution in [2.45, 2.75) is 6.10 Å². The van der Waals surface area contributed by atoms with Gasteiger partial charge >= 0.3 is 5.97 Å². The van der Waals surface area contributed by atoms with Gasteiger partial charge in [-0.2, -0.15) is 0 Å². The van der Waals surface area contributed by atoms with Crippen LogP contribution in [0.3, 0.4) is 0 Å². The Bertz CT molecular complexity index is 419. The standard InChI is InChI=1S/C11H15NO5/c1-16-9-4-6(8(13)5-12)3-7(11(14)15)10(9)17-2/h3-4,8,13H,5,12H2,1-2H3,(H,14,15). The van der Waals surface area contributed by atoms with E-state index >= 15 is 0 Å². The predicted octanol–water partition coefficient (Wildman–Crippen LogP) is 0.394. The van der Waals surface area contributed by atoms with Crippen molar-refractivity contribution in [1.29, 1.82) is 0 Å². The number of methoxy groups -OCH3 is 2. The summed E-state index contributed by atoms with van der Waals surface area (Å²) in [7, 11) is 2.74. The van der Waals surface area contributed by atoms with Gasteiger partial charge < -0.3 is 25.4 Å². The molecule has 0 heterocycles. The Morgan fingerprint density at radius 2 is 2.06 bits per heavy atom. The largest absolute Gasteiger partial charge is 0.493 e. The minimum atomic E-state index is -1.16. The van der Waals surface area contributed by atoms with E-state index in [-0.39, 0.29) is 23.6 Å². The van der Waals surface area contributed by atoms with Crippen LogP contribution in [0.4, 0.5) is 0 Å². The zero-order valence-electron chi connectivity index (χ0n) is 9.64. The molecular formula is C11H15NO5. The lowest BCUT2D eigenvalue weighted by molar-refractivity contribution is 0.0692. The summed E-state index contributed by atoms with van der Waals surface area (Å²) >= 11 is 0. The van der Waals surface area contributed by atoms with Crippen molar-refractivity contribution in [3.8, 4) is 11.5 Å². The van der Waals surface area contributed by atoms with Gasteiger partial charge in [-0.15, -0.1) is 0 Å². The van der Waals surface area contributed by atoms with Gasteiger partial charge in [-0.3, -0.25) is 0 Å². The molecule has 1 atom stereocenters. The van der Waals surface area contributed by atoms with Gasteiger partial charge in [0.2, 0.25) is 0 Å². The molecule has 1 unspecified atom stereocenters. The molecule has 6 heteroatoms. The second-order valence-corrected chi connectivity index (χ2v) is 3.36. The number of aromatic carboxylic acids is 1. The first-order valence-electron chi connectivity index (χ1n) is 4.92. The Labute approximate surface area is 98.6 Å². The summed E-state index contributed by atoms with van der Waals surface area (Å²) in [5.74, 6) is -0.797. The molecule has 0 aliphatic heterocycles. The third-order valence-electron chi connectivity index (χ3n) is 2.34. The van der Waals surface area contributed by atoms with Crippen LogP contribution in [-0.2, 0) is 0 Å². The van der Waals surface area contributed by atoms with Crippen LogP contribution in [0.2, 0.25) is 0 Å². The number of nitrogens with two attached hydrogens (primary N) is 1. The maximum absolute atomic E-state index is 11.1. The molecule has 0 amide bonds. The zero-order chi connectivity index (χ0) is 13.0. The first-order valence-corrected chi connectivity index (χ1v) is 4.92. The van der Waals surface area contributed by atoms with E-state index in [2.05, 4.69) is 0 Å². The first-order chi connectivity index (χ1) is 8.04. The highest BCUT2D eigenvalue weighted by molar-refractivity contribution is 5.92. The summed E-state index contributed by atoms with van der Waals surface area (Å²) in [5.41, 5.74) is 5.63. The fourth-order valence-corrected chi connectivity index (χ4v) is 1.47. The number of hydrogen-bond donors (Lipinski definition) is 3. The third-order valence-corrected chi connectivity index (χ3v) is 2.34. The molecule has 0 bridgehead atoms. The van der Waals surface area contributed by atoms with Crippen molar-refractivity contribution in [2.24, 2.45) is 5.73 Å². The summed E-state index contributed by atoms with van der Waals surface area (Å²) in [5, 5.41) is 18.7. The number of hydrogen-bond acceptors (Lipinski definition) is 5. The number of aliphatic hydroxyl groups is 1. The van der Waals surface area contributed by atoms with Crippen molar-refractivity contribution in [1.82, 2.24) is 0 Å². The van der Waals surface area contributed by atoms with Crippen LogP contribution < -0.4 is 15.2 Å². The van der Waals surface area contributed by atoms with Crippen molar-refractivity contribution in [3.63, 3.8) is 0 Å². The molecule has 0 fully saturated rings. The summed E-state index contributed by atoms with van der Waals surface area (Å²) in [6, 6.07) is 2.82. The molecule has 0 aliphatic carbocycles. The van der Waals surface area contributed by atoms with E-state index < -0.39 is 12.1 Å². The van der Waals surface area contributed by atoms with Gasteiger partial charge in [-0.25, -0.2) is 4.79 Å². The Balaban J connectivity index is 3.39. The third kappa shape index (κ3) is 2.66. The molecule has 1 rings (SSSR count). The van der Waals surface area contributed by atoms with Crippen LogP contribution in [-0.4, -0.2) is 36.9 Å². The van der Waals surface area contributed by atoms with Gasteiger partial charge in [0.15, 0.2) is 11.5 Å². The summed E-state index contributed by atoms with van der Waals surface area (Å²) in [6.07, 6.45) is -0.937. The molecule has 0 aromatic heterocycles. The number of carboxylic acids is 1. The van der Waals surface area contributed by atoms with Gasteiger partial charge in [-0.05, 0) is 17.7 Å². The SMILES string of the molecule is COc1cc(C(O)CN)cc(C(=O)O)c1OC. The highest BCUT2D eigenvalue weighted by Crippen LogP contribution is 2.34. The lowest BCUT2D eigenvalue weighted by Gasteiger charge is -2.15. The highest BCUT2D eigenvalue weighted by Gasteiger charge is 2.19. The Morgan fingerprint density at radius 3 is 2.47 bits per heavy atom. The van der Waals surface area contributed by atoms with E-state index in [0.29, 0.717) is 5.56 Å². The second-order valence-electron chi connectivity index (χ2n) is 3.36. The number of benzene rings is 1. The van der Waals surface area contributed by atoms with Crippen molar-refractivity contribution >= 4 is 5.97 Å². The first kappa shape index (κ1) is 13.3. The maximum Gasteiger partial charge on any atom is 0.339 e. The average Bonchev–Trinajstić information content (AvgIpc) is 2.35. The van der Waals surface area contributed by atoms with Crippen LogP contribution >= 0.6 is 0 Å². The van der Waals surface area contributed by atoms with Gasteiger partial charge in [0.25, 0.3) is 0 Å². The van der Waals surface area contributed by atoms with Crippen LogP contribution in [0.1, 0.15) is 22.0 Å². The molecule has 17 heavy (non-hydrogen) atoms. The van der Waals surface area contributed by atoms with E-state index in [1.54, 1.807) is 0 Å². The quantitative estimate of drug-likeness (QED) is 0.689. The second kappa shape index (κ2) is 5.51. The summed E-state index contributed by atoms with van der Waals surface area (Å²) < 4.78 is 10.0. The molecular weight excluding hydrogens is 226 g/mol. The van der Waals surface area contributed by atoms with Gasteiger partial charge in [-0.1, -0.05) is 0 Å². The van der Waals surface area contributed by atoms with Crippen molar-refractivity contribution in [3.05, 3.63) is 23.3 Å². The molecule has 0 saturated heterocycles. The van der Waals surface area contributed by atoms with E-state index in [1.807, 2.05) is 0 Å². The van der Waals surface area contributed by atoms with E-state index in [1.165, 1.54) is 26.4 Å². The monoisotopic (exact) mass is 241 g/mol. The molecule has 6 nitrogen and oxygen atoms in total. The summed E-state index contributed by atoms with van der Waals surface area (Å²) in [4.78, 5) is 11.1. The van der Waals surface area contributed by atoms with E-state index in [9.17, 15) is 9.90 Å². The summed E-state index contributed by atoms with van der Waals surface area (Å²) in [6.45, 7) is -0.00541. The van der Waals surface area contributed by atoms with Gasteiger partial charge in [0, 0.05) is 6.54 Å². The Morgan fingerprint density at radius 1 is 1.41 bits per heavy atom. The fourth-order valence-electron chi connectivity index (χ4n) is 1.47. The van der Waals surface area contributed by atoms with E-state index in [4.69, 9.17) is 20.3 Å². The normalized spacial score (nSPS) is 12.0.